The number of rotatable bonds is 5. The van der Waals surface area contributed by atoms with Gasteiger partial charge in [-0.2, -0.15) is 0 Å². The van der Waals surface area contributed by atoms with Crippen molar-refractivity contribution in [3.05, 3.63) is 62.1 Å². The predicted octanol–water partition coefficient (Wildman–Crippen LogP) is 3.77. The predicted molar refractivity (Wildman–Crippen MR) is 81.7 cm³/mol. The average Bonchev–Trinajstić information content (AvgIpc) is 2.46. The molecule has 0 bridgehead atoms. The quantitative estimate of drug-likeness (QED) is 0.495. The van der Waals surface area contributed by atoms with E-state index in [0.29, 0.717) is 21.4 Å². The smallest absolute Gasteiger partial charge is 0.294 e. The standard InChI is InChI=1S/C13H11Cl2N3O3/c14-9-2-4-13(10(15)6-9)21-7-8-1-3-11(17-16)12(5-8)18(19)20/h1-6,17H,7,16H2. The molecular formula is C13H11Cl2N3O3. The van der Waals surface area contributed by atoms with Crippen molar-refractivity contribution in [3.8, 4) is 5.75 Å². The Bertz CT molecular complexity index is 680. The van der Waals surface area contributed by atoms with Crippen LogP contribution in [0, 0.1) is 10.1 Å². The van der Waals surface area contributed by atoms with Crippen molar-refractivity contribution >= 4 is 34.6 Å². The van der Waals surface area contributed by atoms with Gasteiger partial charge < -0.3 is 10.2 Å². The van der Waals surface area contributed by atoms with E-state index in [4.69, 9.17) is 33.8 Å². The van der Waals surface area contributed by atoms with Crippen LogP contribution >= 0.6 is 23.2 Å². The molecule has 6 nitrogen and oxygen atoms in total. The summed E-state index contributed by atoms with van der Waals surface area (Å²) in [5.41, 5.74) is 3.00. The van der Waals surface area contributed by atoms with Crippen LogP contribution in [0.3, 0.4) is 0 Å². The largest absolute Gasteiger partial charge is 0.487 e. The topological polar surface area (TPSA) is 90.4 Å². The number of anilines is 1. The fourth-order valence-electron chi connectivity index (χ4n) is 1.69. The maximum atomic E-state index is 10.9. The highest BCUT2D eigenvalue weighted by molar-refractivity contribution is 6.35. The summed E-state index contributed by atoms with van der Waals surface area (Å²) in [7, 11) is 0. The number of hydrazine groups is 1. The lowest BCUT2D eigenvalue weighted by Gasteiger charge is -2.09. The van der Waals surface area contributed by atoms with Crippen molar-refractivity contribution in [1.29, 1.82) is 0 Å². The summed E-state index contributed by atoms with van der Waals surface area (Å²) < 4.78 is 5.52. The molecule has 0 spiro atoms. The van der Waals surface area contributed by atoms with E-state index in [2.05, 4.69) is 5.43 Å². The van der Waals surface area contributed by atoms with Crippen LogP contribution in [-0.2, 0) is 6.61 Å². The second-order valence-electron chi connectivity index (χ2n) is 4.12. The molecule has 0 radical (unpaired) electrons. The fraction of sp³-hybridized carbons (Fsp3) is 0.0769. The van der Waals surface area contributed by atoms with Crippen LogP contribution in [0.1, 0.15) is 5.56 Å². The number of benzene rings is 2. The Morgan fingerprint density at radius 1 is 1.24 bits per heavy atom. The Hall–Kier alpha value is -2.02. The number of nitrogens with two attached hydrogens (primary N) is 1. The van der Waals surface area contributed by atoms with Gasteiger partial charge in [0.1, 0.15) is 18.0 Å². The summed E-state index contributed by atoms with van der Waals surface area (Å²) in [6.45, 7) is 0.132. The molecule has 8 heteroatoms. The van der Waals surface area contributed by atoms with E-state index < -0.39 is 4.92 Å². The molecule has 3 N–H and O–H groups in total. The number of ether oxygens (including phenoxy) is 1. The summed E-state index contributed by atoms with van der Waals surface area (Å²) in [4.78, 5) is 10.4. The second kappa shape index (κ2) is 6.62. The minimum Gasteiger partial charge on any atom is -0.487 e. The van der Waals surface area contributed by atoms with Gasteiger partial charge >= 0.3 is 0 Å². The summed E-state index contributed by atoms with van der Waals surface area (Å²) in [6, 6.07) is 9.41. The Labute approximate surface area is 130 Å². The van der Waals surface area contributed by atoms with Crippen molar-refractivity contribution in [2.45, 2.75) is 6.61 Å². The summed E-state index contributed by atoms with van der Waals surface area (Å²) in [6.07, 6.45) is 0. The van der Waals surface area contributed by atoms with Gasteiger partial charge in [-0.3, -0.25) is 16.0 Å². The van der Waals surface area contributed by atoms with Crippen LogP contribution in [0.4, 0.5) is 11.4 Å². The lowest BCUT2D eigenvalue weighted by Crippen LogP contribution is -2.09. The van der Waals surface area contributed by atoms with Gasteiger partial charge in [-0.25, -0.2) is 0 Å². The maximum absolute atomic E-state index is 10.9. The van der Waals surface area contributed by atoms with E-state index in [1.165, 1.54) is 12.1 Å². The highest BCUT2D eigenvalue weighted by Crippen LogP contribution is 2.29. The number of hydrogen-bond acceptors (Lipinski definition) is 5. The number of nitrogens with one attached hydrogen (secondary N) is 1. The van der Waals surface area contributed by atoms with Gasteiger partial charge in [0.05, 0.1) is 9.95 Å². The molecule has 0 aliphatic rings. The number of hydrogen-bond donors (Lipinski definition) is 2. The maximum Gasteiger partial charge on any atom is 0.294 e. The molecule has 0 heterocycles. The van der Waals surface area contributed by atoms with E-state index in [0.717, 1.165) is 0 Å². The molecule has 110 valence electrons. The first-order valence-corrected chi connectivity index (χ1v) is 6.58. The molecule has 0 saturated heterocycles. The van der Waals surface area contributed by atoms with Gasteiger partial charge in [-0.1, -0.05) is 29.3 Å². The van der Waals surface area contributed by atoms with Gasteiger partial charge in [-0.05, 0) is 29.8 Å². The first-order valence-electron chi connectivity index (χ1n) is 5.83. The van der Waals surface area contributed by atoms with E-state index in [9.17, 15) is 10.1 Å². The Kier molecular flexibility index (Phi) is 4.85. The number of nitro benzene ring substituents is 1. The zero-order valence-electron chi connectivity index (χ0n) is 10.7. The number of nitrogen functional groups attached to an aromatic ring is 1. The van der Waals surface area contributed by atoms with Crippen LogP contribution in [0.5, 0.6) is 5.75 Å². The van der Waals surface area contributed by atoms with Crippen molar-refractivity contribution in [2.75, 3.05) is 5.43 Å². The number of halogens is 2. The monoisotopic (exact) mass is 327 g/mol. The Morgan fingerprint density at radius 3 is 2.62 bits per heavy atom. The van der Waals surface area contributed by atoms with Gasteiger partial charge in [0, 0.05) is 11.1 Å². The van der Waals surface area contributed by atoms with Gasteiger partial charge in [0.2, 0.25) is 0 Å². The van der Waals surface area contributed by atoms with Gasteiger partial charge in [0.25, 0.3) is 5.69 Å². The summed E-state index contributed by atoms with van der Waals surface area (Å²) in [5.74, 6) is 5.67. The molecule has 21 heavy (non-hydrogen) atoms. The van der Waals surface area contributed by atoms with Crippen molar-refractivity contribution < 1.29 is 9.66 Å². The molecule has 0 saturated carbocycles. The van der Waals surface area contributed by atoms with E-state index in [-0.39, 0.29) is 18.0 Å². The third kappa shape index (κ3) is 3.75. The minimum absolute atomic E-state index is 0.124. The van der Waals surface area contributed by atoms with Gasteiger partial charge in [-0.15, -0.1) is 0 Å². The summed E-state index contributed by atoms with van der Waals surface area (Å²) >= 11 is 11.8. The Morgan fingerprint density at radius 2 is 2.00 bits per heavy atom. The van der Waals surface area contributed by atoms with E-state index >= 15 is 0 Å². The highest BCUT2D eigenvalue weighted by Gasteiger charge is 2.14. The lowest BCUT2D eigenvalue weighted by molar-refractivity contribution is -0.384. The second-order valence-corrected chi connectivity index (χ2v) is 4.96. The Balaban J connectivity index is 2.16. The van der Waals surface area contributed by atoms with E-state index in [1.54, 1.807) is 24.3 Å². The van der Waals surface area contributed by atoms with Crippen molar-refractivity contribution in [1.82, 2.24) is 0 Å². The molecule has 0 aliphatic carbocycles. The zero-order chi connectivity index (χ0) is 15.4. The first kappa shape index (κ1) is 15.4. The fourth-order valence-corrected chi connectivity index (χ4v) is 2.16. The van der Waals surface area contributed by atoms with E-state index in [1.807, 2.05) is 0 Å². The van der Waals surface area contributed by atoms with Crippen molar-refractivity contribution in [3.63, 3.8) is 0 Å². The van der Waals surface area contributed by atoms with Crippen LogP contribution in [0.15, 0.2) is 36.4 Å². The minimum atomic E-state index is -0.520. The molecule has 0 atom stereocenters. The summed E-state index contributed by atoms with van der Waals surface area (Å²) in [5, 5.41) is 11.8. The number of nitrogens with zero attached hydrogens (tertiary/aromatic N) is 1. The average molecular weight is 328 g/mol. The van der Waals surface area contributed by atoms with Crippen molar-refractivity contribution in [2.24, 2.45) is 5.84 Å². The molecule has 0 amide bonds. The zero-order valence-corrected chi connectivity index (χ0v) is 12.2. The van der Waals surface area contributed by atoms with Crippen LogP contribution < -0.4 is 16.0 Å². The molecule has 2 aromatic carbocycles. The molecule has 0 aliphatic heterocycles. The van der Waals surface area contributed by atoms with Crippen LogP contribution in [-0.4, -0.2) is 4.92 Å². The molecule has 2 rings (SSSR count). The number of nitro groups is 1. The normalized spacial score (nSPS) is 10.2. The molecule has 0 aromatic heterocycles. The SMILES string of the molecule is NNc1ccc(COc2ccc(Cl)cc2Cl)cc1[N+](=O)[O-]. The molecule has 2 aromatic rings. The first-order chi connectivity index (χ1) is 10.0. The third-order valence-electron chi connectivity index (χ3n) is 2.70. The van der Waals surface area contributed by atoms with Crippen LogP contribution in [0.25, 0.3) is 0 Å². The molecule has 0 unspecified atom stereocenters. The third-order valence-corrected chi connectivity index (χ3v) is 3.23. The highest BCUT2D eigenvalue weighted by atomic mass is 35.5. The van der Waals surface area contributed by atoms with Crippen LogP contribution in [0.2, 0.25) is 10.0 Å². The van der Waals surface area contributed by atoms with Gasteiger partial charge in [0.15, 0.2) is 0 Å². The molecular weight excluding hydrogens is 317 g/mol. The lowest BCUT2D eigenvalue weighted by atomic mass is 10.2. The molecule has 0 fully saturated rings.